The summed E-state index contributed by atoms with van der Waals surface area (Å²) in [6, 6.07) is 3.43. The van der Waals surface area contributed by atoms with Gasteiger partial charge in [-0.15, -0.1) is 0 Å². The van der Waals surface area contributed by atoms with Gasteiger partial charge in [0, 0.05) is 36.5 Å². The Kier molecular flexibility index (Phi) is 4.42. The van der Waals surface area contributed by atoms with E-state index in [1.807, 2.05) is 4.57 Å². The molecule has 0 spiro atoms. The molecule has 1 aliphatic carbocycles. The fourth-order valence-corrected chi connectivity index (χ4v) is 5.79. The van der Waals surface area contributed by atoms with Crippen molar-refractivity contribution in [1.82, 2.24) is 14.8 Å². The normalized spacial score (nSPS) is 27.8. The zero-order chi connectivity index (χ0) is 22.1. The molecule has 1 aromatic heterocycles. The Balaban J connectivity index is 1.35. The Labute approximate surface area is 182 Å². The summed E-state index contributed by atoms with van der Waals surface area (Å²) in [5.41, 5.74) is 0.425. The summed E-state index contributed by atoms with van der Waals surface area (Å²) in [6.07, 6.45) is 3.24. The van der Waals surface area contributed by atoms with Crippen LogP contribution in [0.5, 0.6) is 5.75 Å². The van der Waals surface area contributed by atoms with Gasteiger partial charge in [-0.2, -0.15) is 0 Å². The van der Waals surface area contributed by atoms with E-state index >= 15 is 0 Å². The van der Waals surface area contributed by atoms with E-state index in [2.05, 4.69) is 10.2 Å². The van der Waals surface area contributed by atoms with Gasteiger partial charge in [-0.3, -0.25) is 14.5 Å². The predicted molar refractivity (Wildman–Crippen MR) is 109 cm³/mol. The molecule has 5 heterocycles. The van der Waals surface area contributed by atoms with Crippen LogP contribution in [-0.2, 0) is 24.2 Å². The average molecular weight is 443 g/mol. The largest absolute Gasteiger partial charge is 0.503 e. The molecule has 2 atom stereocenters. The van der Waals surface area contributed by atoms with Gasteiger partial charge < -0.3 is 19.7 Å². The maximum absolute atomic E-state index is 13.9. The highest BCUT2D eigenvalue weighted by atomic mass is 19.1. The van der Waals surface area contributed by atoms with Crippen LogP contribution in [0.3, 0.4) is 0 Å². The van der Waals surface area contributed by atoms with E-state index in [0.29, 0.717) is 49.3 Å². The molecule has 2 unspecified atom stereocenters. The van der Waals surface area contributed by atoms with Crippen molar-refractivity contribution in [2.75, 3.05) is 6.61 Å². The third-order valence-corrected chi connectivity index (χ3v) is 7.45. The highest BCUT2D eigenvalue weighted by molar-refractivity contribution is 5.95. The monoisotopic (exact) mass is 443 g/mol. The van der Waals surface area contributed by atoms with Crippen molar-refractivity contribution < 1.29 is 23.4 Å². The van der Waals surface area contributed by atoms with Crippen LogP contribution in [0.2, 0.25) is 0 Å². The van der Waals surface area contributed by atoms with E-state index in [-0.39, 0.29) is 29.9 Å². The number of hydrogen-bond donors (Lipinski definition) is 2. The highest BCUT2D eigenvalue weighted by Crippen LogP contribution is 2.47. The Morgan fingerprint density at radius 2 is 2.06 bits per heavy atom. The van der Waals surface area contributed by atoms with Gasteiger partial charge in [0.2, 0.25) is 5.43 Å². The Morgan fingerprint density at radius 3 is 2.84 bits per heavy atom. The number of carbonyl (C=O) groups is 1. The average Bonchev–Trinajstić information content (AvgIpc) is 2.97. The second-order valence-corrected chi connectivity index (χ2v) is 9.23. The van der Waals surface area contributed by atoms with Crippen LogP contribution in [0.25, 0.3) is 0 Å². The van der Waals surface area contributed by atoms with Gasteiger partial charge in [0.15, 0.2) is 5.75 Å². The van der Waals surface area contributed by atoms with E-state index < -0.39 is 28.7 Å². The molecule has 7 nitrogen and oxygen atoms in total. The van der Waals surface area contributed by atoms with Crippen molar-refractivity contribution in [3.63, 3.8) is 0 Å². The summed E-state index contributed by atoms with van der Waals surface area (Å²) in [4.78, 5) is 28.3. The number of aromatic nitrogens is 1. The molecule has 5 aliphatic rings. The minimum absolute atomic E-state index is 0.0688. The van der Waals surface area contributed by atoms with Gasteiger partial charge in [0.1, 0.15) is 23.4 Å². The van der Waals surface area contributed by atoms with Crippen LogP contribution in [0.15, 0.2) is 23.0 Å². The summed E-state index contributed by atoms with van der Waals surface area (Å²) in [5, 5.41) is 13.3. The van der Waals surface area contributed by atoms with Gasteiger partial charge in [0.25, 0.3) is 5.91 Å². The van der Waals surface area contributed by atoms with Crippen LogP contribution >= 0.6 is 0 Å². The van der Waals surface area contributed by atoms with Crippen LogP contribution in [0, 0.1) is 17.6 Å². The lowest BCUT2D eigenvalue weighted by molar-refractivity contribution is -0.0991. The number of amides is 1. The molecule has 168 valence electrons. The van der Waals surface area contributed by atoms with Gasteiger partial charge in [-0.1, -0.05) is 6.07 Å². The van der Waals surface area contributed by atoms with Crippen LogP contribution in [0.4, 0.5) is 8.78 Å². The van der Waals surface area contributed by atoms with Crippen molar-refractivity contribution in [3.05, 3.63) is 62.6 Å². The van der Waals surface area contributed by atoms with Crippen LogP contribution < -0.4 is 10.7 Å². The first-order valence-electron chi connectivity index (χ1n) is 11.0. The van der Waals surface area contributed by atoms with Crippen molar-refractivity contribution >= 4 is 5.91 Å². The van der Waals surface area contributed by atoms with Gasteiger partial charge >= 0.3 is 0 Å². The third-order valence-electron chi connectivity index (χ3n) is 7.45. The number of fused-ring (bicyclic) bond motifs is 1. The number of pyridine rings is 1. The number of halogens is 2. The van der Waals surface area contributed by atoms with Crippen LogP contribution in [0.1, 0.15) is 52.6 Å². The maximum Gasteiger partial charge on any atom is 0.257 e. The fourth-order valence-electron chi connectivity index (χ4n) is 5.79. The van der Waals surface area contributed by atoms with Gasteiger partial charge in [-0.25, -0.2) is 8.78 Å². The second-order valence-electron chi connectivity index (χ2n) is 9.23. The molecular weight excluding hydrogens is 420 g/mol. The summed E-state index contributed by atoms with van der Waals surface area (Å²) in [7, 11) is 0. The number of nitrogens with one attached hydrogen (secondary N) is 1. The number of carbonyl (C=O) groups excluding carboxylic acids is 1. The third kappa shape index (κ3) is 2.84. The summed E-state index contributed by atoms with van der Waals surface area (Å²) < 4.78 is 35.2. The molecule has 7 rings (SSSR count). The summed E-state index contributed by atoms with van der Waals surface area (Å²) in [6.45, 7) is 0.926. The molecule has 2 aromatic rings. The quantitative estimate of drug-likeness (QED) is 0.760. The molecule has 4 aliphatic heterocycles. The van der Waals surface area contributed by atoms with Crippen molar-refractivity contribution in [3.8, 4) is 5.75 Å². The molecule has 32 heavy (non-hydrogen) atoms. The fraction of sp³-hybridized carbons (Fsp3) is 0.478. The number of nitrogens with zero attached hydrogens (tertiary/aromatic N) is 2. The highest BCUT2D eigenvalue weighted by Gasteiger charge is 2.50. The molecule has 0 radical (unpaired) electrons. The lowest BCUT2D eigenvalue weighted by Crippen LogP contribution is -2.52. The lowest BCUT2D eigenvalue weighted by Gasteiger charge is -2.46. The molecule has 2 saturated heterocycles. The van der Waals surface area contributed by atoms with E-state index in [1.165, 1.54) is 6.07 Å². The Bertz CT molecular complexity index is 1190. The molecule has 1 aromatic carbocycles. The predicted octanol–water partition coefficient (Wildman–Crippen LogP) is 2.20. The zero-order valence-electron chi connectivity index (χ0n) is 17.3. The van der Waals surface area contributed by atoms with Crippen molar-refractivity contribution in [2.24, 2.45) is 5.92 Å². The molecule has 2 bridgehead atoms. The van der Waals surface area contributed by atoms with E-state index in [0.717, 1.165) is 25.0 Å². The zero-order valence-corrected chi connectivity index (χ0v) is 17.3. The maximum atomic E-state index is 13.9. The SMILES string of the molecule is O=C(NCc1ccc(F)cc1F)c1c2n3c(c(O)c1=O)CN1C4CC(COC1C3CC2)C4. The van der Waals surface area contributed by atoms with Crippen molar-refractivity contribution in [1.29, 1.82) is 0 Å². The molecule has 1 amide bonds. The second kappa shape index (κ2) is 7.11. The molecule has 3 fully saturated rings. The van der Waals surface area contributed by atoms with E-state index in [1.54, 1.807) is 0 Å². The number of rotatable bonds is 3. The number of aromatic hydroxyl groups is 1. The number of hydrogen-bond acceptors (Lipinski definition) is 5. The minimum Gasteiger partial charge on any atom is -0.503 e. The minimum atomic E-state index is -0.774. The topological polar surface area (TPSA) is 83.8 Å². The van der Waals surface area contributed by atoms with E-state index in [9.17, 15) is 23.5 Å². The first-order valence-corrected chi connectivity index (χ1v) is 11.0. The Morgan fingerprint density at radius 1 is 1.25 bits per heavy atom. The summed E-state index contributed by atoms with van der Waals surface area (Å²) in [5.74, 6) is -1.99. The standard InChI is InChI=1S/C23H23F2N3O4/c24-13-2-1-12(15(25)7-13)8-26-22(31)19-16-3-4-17-23-27(14-5-11(6-14)10-32-23)9-18(28(16)17)20(29)21(19)30/h1-2,7,11,14,17,23,29H,3-6,8-10H2,(H,26,31). The van der Waals surface area contributed by atoms with E-state index in [4.69, 9.17) is 4.74 Å². The first kappa shape index (κ1) is 19.9. The van der Waals surface area contributed by atoms with Gasteiger partial charge in [0.05, 0.1) is 18.3 Å². The molecule has 9 heteroatoms. The van der Waals surface area contributed by atoms with Crippen molar-refractivity contribution in [2.45, 2.75) is 57.1 Å². The van der Waals surface area contributed by atoms with Crippen LogP contribution in [-0.4, -0.2) is 39.4 Å². The number of benzene rings is 1. The smallest absolute Gasteiger partial charge is 0.257 e. The lowest BCUT2D eigenvalue weighted by atomic mass is 9.80. The molecule has 1 saturated carbocycles. The summed E-state index contributed by atoms with van der Waals surface area (Å²) >= 11 is 0. The first-order chi connectivity index (χ1) is 15.4. The van der Waals surface area contributed by atoms with Gasteiger partial charge in [-0.05, 0) is 37.7 Å². The molecule has 2 N–H and O–H groups in total. The number of ether oxygens (including phenoxy) is 1. The molecular formula is C23H23F2N3O4. The Hall–Kier alpha value is -2.78.